The fraction of sp³-hybridized carbons (Fsp3) is 0.857. The van der Waals surface area contributed by atoms with Crippen molar-refractivity contribution in [2.24, 2.45) is 5.41 Å². The Bertz CT molecular complexity index is 146. The van der Waals surface area contributed by atoms with E-state index in [1.807, 2.05) is 6.07 Å². The van der Waals surface area contributed by atoms with Crippen LogP contribution in [0.2, 0.25) is 0 Å². The van der Waals surface area contributed by atoms with E-state index in [1.54, 1.807) is 0 Å². The molecule has 0 aliphatic heterocycles. The SMILES string of the molecule is N#CCNCC1(CO)CC1. The molecule has 1 aliphatic rings. The lowest BCUT2D eigenvalue weighted by atomic mass is 10.1. The second-order valence-corrected chi connectivity index (χ2v) is 2.92. The zero-order valence-electron chi connectivity index (χ0n) is 5.93. The van der Waals surface area contributed by atoms with E-state index in [9.17, 15) is 0 Å². The molecule has 0 aromatic carbocycles. The van der Waals surface area contributed by atoms with Crippen LogP contribution in [0.5, 0.6) is 0 Å². The van der Waals surface area contributed by atoms with Crippen LogP contribution in [0.25, 0.3) is 0 Å². The summed E-state index contributed by atoms with van der Waals surface area (Å²) in [7, 11) is 0. The van der Waals surface area contributed by atoms with Gasteiger partial charge >= 0.3 is 0 Å². The van der Waals surface area contributed by atoms with Crippen LogP contribution in [0.3, 0.4) is 0 Å². The number of nitrogens with zero attached hydrogens (tertiary/aromatic N) is 1. The fourth-order valence-corrected chi connectivity index (χ4v) is 0.951. The van der Waals surface area contributed by atoms with Crippen LogP contribution in [0.1, 0.15) is 12.8 Å². The first-order valence-electron chi connectivity index (χ1n) is 3.51. The average Bonchev–Trinajstić information content (AvgIpc) is 2.70. The van der Waals surface area contributed by atoms with Gasteiger partial charge in [-0.2, -0.15) is 5.26 Å². The van der Waals surface area contributed by atoms with Gasteiger partial charge in [-0.15, -0.1) is 0 Å². The Morgan fingerprint density at radius 2 is 2.30 bits per heavy atom. The maximum Gasteiger partial charge on any atom is 0.0841 e. The van der Waals surface area contributed by atoms with Gasteiger partial charge < -0.3 is 10.4 Å². The molecule has 0 spiro atoms. The third-order valence-electron chi connectivity index (χ3n) is 2.00. The van der Waals surface area contributed by atoms with Gasteiger partial charge in [0.25, 0.3) is 0 Å². The summed E-state index contributed by atoms with van der Waals surface area (Å²) in [5.41, 5.74) is 0.136. The highest BCUT2D eigenvalue weighted by atomic mass is 16.3. The fourth-order valence-electron chi connectivity index (χ4n) is 0.951. The first-order valence-corrected chi connectivity index (χ1v) is 3.51. The van der Waals surface area contributed by atoms with Crippen LogP contribution in [0.15, 0.2) is 0 Å². The number of aliphatic hydroxyl groups is 1. The Morgan fingerprint density at radius 1 is 1.60 bits per heavy atom. The van der Waals surface area contributed by atoms with E-state index in [0.29, 0.717) is 6.54 Å². The van der Waals surface area contributed by atoms with Crippen molar-refractivity contribution >= 4 is 0 Å². The number of aliphatic hydroxyl groups excluding tert-OH is 1. The van der Waals surface area contributed by atoms with Crippen molar-refractivity contribution in [3.8, 4) is 6.07 Å². The van der Waals surface area contributed by atoms with Gasteiger partial charge in [-0.1, -0.05) is 0 Å². The molecule has 1 saturated carbocycles. The van der Waals surface area contributed by atoms with Crippen molar-refractivity contribution in [1.82, 2.24) is 5.32 Å². The van der Waals surface area contributed by atoms with Gasteiger partial charge in [0.1, 0.15) is 0 Å². The smallest absolute Gasteiger partial charge is 0.0841 e. The lowest BCUT2D eigenvalue weighted by Crippen LogP contribution is -2.26. The second-order valence-electron chi connectivity index (χ2n) is 2.92. The Labute approximate surface area is 60.7 Å². The van der Waals surface area contributed by atoms with E-state index in [2.05, 4.69) is 5.32 Å². The minimum Gasteiger partial charge on any atom is -0.396 e. The zero-order chi connectivity index (χ0) is 7.45. The molecule has 0 unspecified atom stereocenters. The molecule has 10 heavy (non-hydrogen) atoms. The summed E-state index contributed by atoms with van der Waals surface area (Å²) in [6, 6.07) is 2.00. The van der Waals surface area contributed by atoms with Crippen LogP contribution in [-0.2, 0) is 0 Å². The lowest BCUT2D eigenvalue weighted by molar-refractivity contribution is 0.209. The third kappa shape index (κ3) is 1.69. The van der Waals surface area contributed by atoms with Crippen molar-refractivity contribution in [2.45, 2.75) is 12.8 Å². The monoisotopic (exact) mass is 140 g/mol. The first-order chi connectivity index (χ1) is 4.83. The molecule has 1 rings (SSSR count). The van der Waals surface area contributed by atoms with E-state index >= 15 is 0 Å². The van der Waals surface area contributed by atoms with Crippen molar-refractivity contribution in [1.29, 1.82) is 5.26 Å². The summed E-state index contributed by atoms with van der Waals surface area (Å²) in [6.07, 6.45) is 2.20. The van der Waals surface area contributed by atoms with Gasteiger partial charge in [0.15, 0.2) is 0 Å². The molecule has 0 amide bonds. The van der Waals surface area contributed by atoms with Crippen LogP contribution in [0.4, 0.5) is 0 Å². The largest absolute Gasteiger partial charge is 0.396 e. The maximum atomic E-state index is 8.83. The summed E-state index contributed by atoms with van der Waals surface area (Å²) in [4.78, 5) is 0. The Balaban J connectivity index is 2.08. The van der Waals surface area contributed by atoms with Gasteiger partial charge in [0.05, 0.1) is 12.6 Å². The molecular formula is C7H12N2O. The van der Waals surface area contributed by atoms with Crippen molar-refractivity contribution in [3.63, 3.8) is 0 Å². The minimum atomic E-state index is 0.136. The van der Waals surface area contributed by atoms with Gasteiger partial charge in [-0.3, -0.25) is 0 Å². The quantitative estimate of drug-likeness (QED) is 0.422. The standard InChI is InChI=1S/C7H12N2O/c8-3-4-9-5-7(6-10)1-2-7/h9-10H,1-2,4-6H2. The Hall–Kier alpha value is -0.590. The topological polar surface area (TPSA) is 56.0 Å². The van der Waals surface area contributed by atoms with Crippen molar-refractivity contribution in [3.05, 3.63) is 0 Å². The second kappa shape index (κ2) is 3.00. The highest BCUT2D eigenvalue weighted by molar-refractivity contribution is 4.94. The highest BCUT2D eigenvalue weighted by Gasteiger charge is 2.41. The number of rotatable bonds is 4. The minimum absolute atomic E-state index is 0.136. The van der Waals surface area contributed by atoms with E-state index in [4.69, 9.17) is 10.4 Å². The first kappa shape index (κ1) is 7.52. The maximum absolute atomic E-state index is 8.83. The molecule has 3 heteroatoms. The molecule has 2 N–H and O–H groups in total. The predicted molar refractivity (Wildman–Crippen MR) is 37.2 cm³/mol. The summed E-state index contributed by atoms with van der Waals surface area (Å²) < 4.78 is 0. The summed E-state index contributed by atoms with van der Waals surface area (Å²) in [6.45, 7) is 1.43. The van der Waals surface area contributed by atoms with Gasteiger partial charge in [0.2, 0.25) is 0 Å². The molecule has 56 valence electrons. The van der Waals surface area contributed by atoms with Crippen molar-refractivity contribution in [2.75, 3.05) is 19.7 Å². The average molecular weight is 140 g/mol. The van der Waals surface area contributed by atoms with E-state index in [0.717, 1.165) is 19.4 Å². The number of hydrogen-bond donors (Lipinski definition) is 2. The Morgan fingerprint density at radius 3 is 2.70 bits per heavy atom. The van der Waals surface area contributed by atoms with Gasteiger partial charge in [-0.05, 0) is 12.8 Å². The van der Waals surface area contributed by atoms with Crippen LogP contribution >= 0.6 is 0 Å². The Kier molecular flexibility index (Phi) is 2.25. The highest BCUT2D eigenvalue weighted by Crippen LogP contribution is 2.44. The number of nitrogens with one attached hydrogen (secondary N) is 1. The molecule has 3 nitrogen and oxygen atoms in total. The van der Waals surface area contributed by atoms with Crippen LogP contribution in [-0.4, -0.2) is 24.8 Å². The van der Waals surface area contributed by atoms with Gasteiger partial charge in [0, 0.05) is 18.6 Å². The van der Waals surface area contributed by atoms with E-state index in [-0.39, 0.29) is 12.0 Å². The lowest BCUT2D eigenvalue weighted by Gasteiger charge is -2.09. The third-order valence-corrected chi connectivity index (χ3v) is 2.00. The zero-order valence-corrected chi connectivity index (χ0v) is 5.93. The molecule has 0 aromatic rings. The molecule has 0 atom stereocenters. The van der Waals surface area contributed by atoms with E-state index in [1.165, 1.54) is 0 Å². The summed E-state index contributed by atoms with van der Waals surface area (Å²) in [5, 5.41) is 20.0. The molecule has 0 aromatic heterocycles. The summed E-state index contributed by atoms with van der Waals surface area (Å²) >= 11 is 0. The van der Waals surface area contributed by atoms with Crippen LogP contribution in [0, 0.1) is 16.7 Å². The molecule has 0 saturated heterocycles. The van der Waals surface area contributed by atoms with Crippen LogP contribution < -0.4 is 5.32 Å². The normalized spacial score (nSPS) is 20.0. The predicted octanol–water partition coefficient (Wildman–Crippen LogP) is -0.128. The van der Waals surface area contributed by atoms with E-state index < -0.39 is 0 Å². The molecule has 0 radical (unpaired) electrons. The molecular weight excluding hydrogens is 128 g/mol. The van der Waals surface area contributed by atoms with Gasteiger partial charge in [-0.25, -0.2) is 0 Å². The summed E-state index contributed by atoms with van der Waals surface area (Å²) in [5.74, 6) is 0. The molecule has 0 heterocycles. The number of hydrogen-bond acceptors (Lipinski definition) is 3. The molecule has 1 fully saturated rings. The van der Waals surface area contributed by atoms with Crippen molar-refractivity contribution < 1.29 is 5.11 Å². The molecule has 0 bridgehead atoms. The molecule has 1 aliphatic carbocycles. The number of nitriles is 1.